The van der Waals surface area contributed by atoms with Crippen LogP contribution in [0.5, 0.6) is 0 Å². The van der Waals surface area contributed by atoms with Crippen molar-refractivity contribution in [3.63, 3.8) is 0 Å². The standard InChI is InChI=1S/C18H25N3O4/c1-19(2)18(14-6-4-3-5-7-14)8-9-20(12-15(18)22)16(23)13-21-10-11-25-17(21)24/h3-7,15,22H,8-13H2,1-2H3/t15-,18+/m1/s1. The second-order valence-electron chi connectivity index (χ2n) is 6.83. The molecule has 2 heterocycles. The summed E-state index contributed by atoms with van der Waals surface area (Å²) in [5.41, 5.74) is 0.521. The number of aliphatic hydroxyl groups is 1. The molecule has 2 atom stereocenters. The first-order valence-electron chi connectivity index (χ1n) is 8.55. The van der Waals surface area contributed by atoms with Crippen molar-refractivity contribution in [2.24, 2.45) is 0 Å². The Balaban J connectivity index is 1.72. The molecule has 0 unspecified atom stereocenters. The lowest BCUT2D eigenvalue weighted by Gasteiger charge is -2.50. The number of likely N-dealkylation sites (tertiary alicyclic amines) is 1. The summed E-state index contributed by atoms with van der Waals surface area (Å²) in [5, 5.41) is 10.9. The number of hydrogen-bond acceptors (Lipinski definition) is 5. The van der Waals surface area contributed by atoms with Crippen molar-refractivity contribution in [3.8, 4) is 0 Å². The maximum atomic E-state index is 12.5. The van der Waals surface area contributed by atoms with Gasteiger partial charge in [-0.25, -0.2) is 4.79 Å². The predicted molar refractivity (Wildman–Crippen MR) is 91.9 cm³/mol. The van der Waals surface area contributed by atoms with Crippen LogP contribution in [-0.2, 0) is 15.1 Å². The molecule has 0 radical (unpaired) electrons. The fourth-order valence-electron chi connectivity index (χ4n) is 3.83. The van der Waals surface area contributed by atoms with Crippen LogP contribution in [-0.4, -0.2) is 84.8 Å². The number of amides is 2. The number of carbonyl (C=O) groups is 2. The molecule has 2 fully saturated rings. The summed E-state index contributed by atoms with van der Waals surface area (Å²) in [6, 6.07) is 9.91. The number of β-amino-alcohol motifs (C(OH)–C–C–N with tert-alkyl or cyclic N) is 1. The first kappa shape index (κ1) is 17.7. The topological polar surface area (TPSA) is 73.3 Å². The summed E-state index contributed by atoms with van der Waals surface area (Å²) in [4.78, 5) is 29.1. The Morgan fingerprint density at radius 2 is 2.04 bits per heavy atom. The molecule has 2 aliphatic rings. The minimum absolute atomic E-state index is 0.00581. The molecule has 0 bridgehead atoms. The smallest absolute Gasteiger partial charge is 0.410 e. The van der Waals surface area contributed by atoms with E-state index in [1.807, 2.05) is 49.3 Å². The van der Waals surface area contributed by atoms with Gasteiger partial charge in [-0.2, -0.15) is 0 Å². The van der Waals surface area contributed by atoms with Gasteiger partial charge in [-0.3, -0.25) is 14.6 Å². The Morgan fingerprint density at radius 3 is 2.60 bits per heavy atom. The molecule has 0 aromatic heterocycles. The number of nitrogens with zero attached hydrogens (tertiary/aromatic N) is 3. The van der Waals surface area contributed by atoms with Gasteiger partial charge in [0.15, 0.2) is 0 Å². The van der Waals surface area contributed by atoms with Gasteiger partial charge in [0.25, 0.3) is 0 Å². The summed E-state index contributed by atoms with van der Waals surface area (Å²) in [7, 11) is 3.90. The highest BCUT2D eigenvalue weighted by Gasteiger charge is 2.46. The van der Waals surface area contributed by atoms with E-state index in [-0.39, 0.29) is 19.0 Å². The van der Waals surface area contributed by atoms with Crippen molar-refractivity contribution in [1.29, 1.82) is 0 Å². The number of cyclic esters (lactones) is 1. The van der Waals surface area contributed by atoms with Crippen LogP contribution in [0.25, 0.3) is 0 Å². The largest absolute Gasteiger partial charge is 0.448 e. The van der Waals surface area contributed by atoms with Crippen LogP contribution in [0.3, 0.4) is 0 Å². The van der Waals surface area contributed by atoms with Crippen molar-refractivity contribution >= 4 is 12.0 Å². The highest BCUT2D eigenvalue weighted by Crippen LogP contribution is 2.37. The van der Waals surface area contributed by atoms with Gasteiger partial charge in [-0.1, -0.05) is 30.3 Å². The summed E-state index contributed by atoms with van der Waals surface area (Å²) >= 11 is 0. The fourth-order valence-corrected chi connectivity index (χ4v) is 3.83. The van der Waals surface area contributed by atoms with Crippen molar-refractivity contribution in [2.45, 2.75) is 18.1 Å². The van der Waals surface area contributed by atoms with Crippen LogP contribution in [0, 0.1) is 0 Å². The highest BCUT2D eigenvalue weighted by molar-refractivity contribution is 5.83. The Bertz CT molecular complexity index is 636. The number of rotatable bonds is 4. The molecule has 0 spiro atoms. The van der Waals surface area contributed by atoms with Crippen LogP contribution < -0.4 is 0 Å². The predicted octanol–water partition coefficient (Wildman–Crippen LogP) is 0.489. The lowest BCUT2D eigenvalue weighted by molar-refractivity contribution is -0.141. The molecule has 0 saturated carbocycles. The zero-order valence-electron chi connectivity index (χ0n) is 14.7. The zero-order chi connectivity index (χ0) is 18.0. The first-order chi connectivity index (χ1) is 11.9. The summed E-state index contributed by atoms with van der Waals surface area (Å²) in [5.74, 6) is -0.154. The Labute approximate surface area is 147 Å². The quantitative estimate of drug-likeness (QED) is 0.858. The fraction of sp³-hybridized carbons (Fsp3) is 0.556. The molecule has 7 nitrogen and oxygen atoms in total. The number of piperidine rings is 1. The number of ether oxygens (including phenoxy) is 1. The average molecular weight is 347 g/mol. The summed E-state index contributed by atoms with van der Waals surface area (Å²) < 4.78 is 4.86. The SMILES string of the molecule is CN(C)[C@]1(c2ccccc2)CCN(C(=O)CN2CCOC2=O)C[C@H]1O. The van der Waals surface area contributed by atoms with Gasteiger partial charge in [0.2, 0.25) is 5.91 Å². The molecular weight excluding hydrogens is 322 g/mol. The lowest BCUT2D eigenvalue weighted by atomic mass is 9.77. The minimum Gasteiger partial charge on any atom is -0.448 e. The molecule has 3 rings (SSSR count). The zero-order valence-corrected chi connectivity index (χ0v) is 14.7. The van der Waals surface area contributed by atoms with Gasteiger partial charge in [0, 0.05) is 13.1 Å². The molecule has 2 aliphatic heterocycles. The highest BCUT2D eigenvalue weighted by atomic mass is 16.6. The van der Waals surface area contributed by atoms with Gasteiger partial charge < -0.3 is 14.7 Å². The number of aliphatic hydroxyl groups excluding tert-OH is 1. The van der Waals surface area contributed by atoms with Crippen LogP contribution in [0.2, 0.25) is 0 Å². The van der Waals surface area contributed by atoms with Gasteiger partial charge in [0.1, 0.15) is 13.2 Å². The molecule has 1 aromatic carbocycles. The van der Waals surface area contributed by atoms with E-state index in [1.54, 1.807) is 4.90 Å². The van der Waals surface area contributed by atoms with Crippen molar-refractivity contribution in [2.75, 3.05) is 46.9 Å². The minimum atomic E-state index is -0.715. The van der Waals surface area contributed by atoms with Crippen LogP contribution in [0.4, 0.5) is 4.79 Å². The molecule has 136 valence electrons. The molecule has 0 aliphatic carbocycles. The van der Waals surface area contributed by atoms with Crippen molar-refractivity contribution in [3.05, 3.63) is 35.9 Å². The third-order valence-corrected chi connectivity index (χ3v) is 5.30. The Morgan fingerprint density at radius 1 is 1.32 bits per heavy atom. The average Bonchev–Trinajstić information content (AvgIpc) is 3.00. The molecular formula is C18H25N3O4. The molecule has 1 N–H and O–H groups in total. The maximum Gasteiger partial charge on any atom is 0.410 e. The number of likely N-dealkylation sites (N-methyl/N-ethyl adjacent to an activating group) is 1. The number of benzene rings is 1. The van der Waals surface area contributed by atoms with Crippen molar-refractivity contribution < 1.29 is 19.4 Å². The lowest BCUT2D eigenvalue weighted by Crippen LogP contribution is -2.61. The van der Waals surface area contributed by atoms with E-state index >= 15 is 0 Å². The second-order valence-corrected chi connectivity index (χ2v) is 6.83. The Kier molecular flexibility index (Phi) is 4.96. The molecule has 2 amide bonds. The van der Waals surface area contributed by atoms with Gasteiger partial charge in [0.05, 0.1) is 18.2 Å². The third-order valence-electron chi connectivity index (χ3n) is 5.30. The van der Waals surface area contributed by atoms with Gasteiger partial charge >= 0.3 is 6.09 Å². The Hall–Kier alpha value is -2.12. The van der Waals surface area contributed by atoms with E-state index in [9.17, 15) is 14.7 Å². The second kappa shape index (κ2) is 7.01. The normalized spacial score (nSPS) is 26.9. The maximum absolute atomic E-state index is 12.5. The summed E-state index contributed by atoms with van der Waals surface area (Å²) in [6.45, 7) is 1.55. The van der Waals surface area contributed by atoms with E-state index in [0.717, 1.165) is 5.56 Å². The van der Waals surface area contributed by atoms with Crippen LogP contribution in [0.1, 0.15) is 12.0 Å². The number of carbonyl (C=O) groups excluding carboxylic acids is 2. The third kappa shape index (κ3) is 3.21. The summed E-state index contributed by atoms with van der Waals surface area (Å²) in [6.07, 6.45) is -0.535. The van der Waals surface area contributed by atoms with E-state index in [4.69, 9.17) is 4.74 Å². The van der Waals surface area contributed by atoms with Crippen LogP contribution in [0.15, 0.2) is 30.3 Å². The molecule has 7 heteroatoms. The number of hydrogen-bond donors (Lipinski definition) is 1. The molecule has 25 heavy (non-hydrogen) atoms. The van der Waals surface area contributed by atoms with E-state index in [0.29, 0.717) is 26.1 Å². The molecule has 2 saturated heterocycles. The van der Waals surface area contributed by atoms with E-state index in [2.05, 4.69) is 0 Å². The van der Waals surface area contributed by atoms with Crippen molar-refractivity contribution in [1.82, 2.24) is 14.7 Å². The van der Waals surface area contributed by atoms with E-state index in [1.165, 1.54) is 4.90 Å². The van der Waals surface area contributed by atoms with Gasteiger partial charge in [-0.05, 0) is 26.1 Å². The van der Waals surface area contributed by atoms with Gasteiger partial charge in [-0.15, -0.1) is 0 Å². The first-order valence-corrected chi connectivity index (χ1v) is 8.55. The van der Waals surface area contributed by atoms with Crippen LogP contribution >= 0.6 is 0 Å². The monoisotopic (exact) mass is 347 g/mol. The van der Waals surface area contributed by atoms with E-state index < -0.39 is 17.7 Å². The molecule has 1 aromatic rings.